The van der Waals surface area contributed by atoms with Crippen molar-refractivity contribution in [3.63, 3.8) is 0 Å². The van der Waals surface area contributed by atoms with Crippen molar-refractivity contribution in [3.05, 3.63) is 35.5 Å². The molecule has 17 heavy (non-hydrogen) atoms. The van der Waals surface area contributed by atoms with Gasteiger partial charge < -0.3 is 9.84 Å². The van der Waals surface area contributed by atoms with Crippen LogP contribution >= 0.6 is 0 Å². The first-order valence-electron chi connectivity index (χ1n) is 4.83. The molecule has 0 aromatic carbocycles. The molecule has 0 radical (unpaired) electrons. The van der Waals surface area contributed by atoms with Crippen LogP contribution in [0.4, 0.5) is 8.78 Å². The van der Waals surface area contributed by atoms with E-state index in [0.717, 1.165) is 6.20 Å². The Balaban J connectivity index is 2.48. The Bertz CT molecular complexity index is 425. The molecule has 1 aromatic heterocycles. The summed E-state index contributed by atoms with van der Waals surface area (Å²) in [5.74, 6) is -0.871. The highest BCUT2D eigenvalue weighted by molar-refractivity contribution is 5.87. The molecule has 0 fully saturated rings. The summed E-state index contributed by atoms with van der Waals surface area (Å²) in [5, 5.41) is 8.62. The Morgan fingerprint density at radius 1 is 1.47 bits per heavy atom. The number of carbonyl (C=O) groups is 1. The summed E-state index contributed by atoms with van der Waals surface area (Å²) in [6.45, 7) is 1.39. The Kier molecular flexibility index (Phi) is 4.56. The van der Waals surface area contributed by atoms with E-state index >= 15 is 0 Å². The summed E-state index contributed by atoms with van der Waals surface area (Å²) in [4.78, 5) is 14.3. The molecule has 0 aliphatic rings. The lowest BCUT2D eigenvalue weighted by molar-refractivity contribution is 0.0696. The summed E-state index contributed by atoms with van der Waals surface area (Å²) >= 11 is 0. The molecule has 6 heteroatoms. The number of nitrogens with zero attached hydrogens (tertiary/aromatic N) is 1. The first kappa shape index (κ1) is 13.1. The van der Waals surface area contributed by atoms with Crippen molar-refractivity contribution >= 4 is 5.97 Å². The highest BCUT2D eigenvalue weighted by Crippen LogP contribution is 2.12. The van der Waals surface area contributed by atoms with E-state index in [4.69, 9.17) is 9.84 Å². The highest BCUT2D eigenvalue weighted by Gasteiger charge is 2.04. The zero-order valence-electron chi connectivity index (χ0n) is 9.11. The van der Waals surface area contributed by atoms with Gasteiger partial charge in [0.15, 0.2) is 0 Å². The molecule has 0 spiro atoms. The smallest absolute Gasteiger partial charge is 0.337 e. The first-order chi connectivity index (χ1) is 8.00. The molecule has 0 aliphatic carbocycles. The summed E-state index contributed by atoms with van der Waals surface area (Å²) in [6, 6.07) is 2.72. The summed E-state index contributed by atoms with van der Waals surface area (Å²) in [6.07, 6.45) is -0.455. The van der Waals surface area contributed by atoms with Gasteiger partial charge in [-0.1, -0.05) is 0 Å². The van der Waals surface area contributed by atoms with Crippen LogP contribution in [0.2, 0.25) is 0 Å². The Morgan fingerprint density at radius 2 is 2.18 bits per heavy atom. The van der Waals surface area contributed by atoms with Crippen LogP contribution in [-0.4, -0.2) is 22.7 Å². The number of hydrogen-bond donors (Lipinski definition) is 1. The third kappa shape index (κ3) is 4.18. The van der Waals surface area contributed by atoms with Crippen LogP contribution in [0.15, 0.2) is 30.0 Å². The van der Waals surface area contributed by atoms with Crippen LogP contribution in [0.5, 0.6) is 5.88 Å². The maximum absolute atomic E-state index is 12.0. The molecule has 0 aliphatic heterocycles. The van der Waals surface area contributed by atoms with E-state index < -0.39 is 12.0 Å². The first-order valence-corrected chi connectivity index (χ1v) is 4.83. The minimum absolute atomic E-state index is 0.0350. The standard InChI is InChI=1S/C11H11F2NO3/c1-7(10(12)13)4-5-17-9-3-2-8(6-14-9)11(15)16/h2-3,6H,4-5H2,1H3,(H,15,16). The third-order valence-corrected chi connectivity index (χ3v) is 2.03. The van der Waals surface area contributed by atoms with E-state index in [1.807, 2.05) is 0 Å². The molecule has 0 unspecified atom stereocenters. The molecule has 0 saturated carbocycles. The highest BCUT2D eigenvalue weighted by atomic mass is 19.3. The van der Waals surface area contributed by atoms with Crippen LogP contribution in [0.1, 0.15) is 23.7 Å². The zero-order chi connectivity index (χ0) is 12.8. The van der Waals surface area contributed by atoms with Crippen LogP contribution in [-0.2, 0) is 0 Å². The molecule has 1 aromatic rings. The van der Waals surface area contributed by atoms with Gasteiger partial charge in [0.1, 0.15) is 0 Å². The fraction of sp³-hybridized carbons (Fsp3) is 0.273. The molecular weight excluding hydrogens is 232 g/mol. The van der Waals surface area contributed by atoms with Crippen molar-refractivity contribution in [2.24, 2.45) is 0 Å². The van der Waals surface area contributed by atoms with Crippen LogP contribution in [0, 0.1) is 0 Å². The molecule has 4 nitrogen and oxygen atoms in total. The van der Waals surface area contributed by atoms with E-state index in [1.165, 1.54) is 19.1 Å². The quantitative estimate of drug-likeness (QED) is 0.863. The van der Waals surface area contributed by atoms with Crippen molar-refractivity contribution in [3.8, 4) is 5.88 Å². The topological polar surface area (TPSA) is 59.4 Å². The van der Waals surface area contributed by atoms with Crippen molar-refractivity contribution in [1.29, 1.82) is 0 Å². The molecular formula is C11H11F2NO3. The van der Waals surface area contributed by atoms with E-state index in [9.17, 15) is 13.6 Å². The van der Waals surface area contributed by atoms with E-state index in [0.29, 0.717) is 0 Å². The van der Waals surface area contributed by atoms with Crippen LogP contribution < -0.4 is 4.74 Å². The van der Waals surface area contributed by atoms with Gasteiger partial charge in [-0.15, -0.1) is 0 Å². The zero-order valence-corrected chi connectivity index (χ0v) is 9.11. The van der Waals surface area contributed by atoms with Gasteiger partial charge in [0.05, 0.1) is 12.2 Å². The number of carboxylic acid groups (broad SMARTS) is 1. The van der Waals surface area contributed by atoms with Gasteiger partial charge in [0, 0.05) is 18.7 Å². The van der Waals surface area contributed by atoms with Gasteiger partial charge in [-0.25, -0.2) is 9.78 Å². The van der Waals surface area contributed by atoms with Gasteiger partial charge in [-0.2, -0.15) is 8.78 Å². The largest absolute Gasteiger partial charge is 0.478 e. The molecule has 1 heterocycles. The number of halogens is 2. The van der Waals surface area contributed by atoms with Crippen molar-refractivity contribution < 1.29 is 23.4 Å². The molecule has 0 amide bonds. The number of carboxylic acids is 1. The fourth-order valence-corrected chi connectivity index (χ4v) is 0.995. The summed E-state index contributed by atoms with van der Waals surface area (Å²) in [5.41, 5.74) is 0.00962. The number of aromatic carboxylic acids is 1. The van der Waals surface area contributed by atoms with E-state index in [-0.39, 0.29) is 30.0 Å². The minimum Gasteiger partial charge on any atom is -0.478 e. The van der Waals surface area contributed by atoms with E-state index in [1.54, 1.807) is 0 Å². The number of rotatable bonds is 5. The SMILES string of the molecule is CC(CCOc1ccc(C(=O)O)cn1)=C(F)F. The van der Waals surface area contributed by atoms with Gasteiger partial charge >= 0.3 is 5.97 Å². The fourth-order valence-electron chi connectivity index (χ4n) is 0.995. The summed E-state index contributed by atoms with van der Waals surface area (Å²) < 4.78 is 29.2. The summed E-state index contributed by atoms with van der Waals surface area (Å²) in [7, 11) is 0. The Hall–Kier alpha value is -1.98. The van der Waals surface area contributed by atoms with Crippen LogP contribution in [0.25, 0.3) is 0 Å². The average Bonchev–Trinajstić information content (AvgIpc) is 2.29. The number of aromatic nitrogens is 1. The second kappa shape index (κ2) is 5.93. The van der Waals surface area contributed by atoms with Crippen molar-refractivity contribution in [2.75, 3.05) is 6.61 Å². The van der Waals surface area contributed by atoms with Gasteiger partial charge in [-0.05, 0) is 18.6 Å². The maximum atomic E-state index is 12.0. The molecule has 1 N–H and O–H groups in total. The van der Waals surface area contributed by atoms with Crippen molar-refractivity contribution in [1.82, 2.24) is 4.98 Å². The molecule has 92 valence electrons. The van der Waals surface area contributed by atoms with Crippen LogP contribution in [0.3, 0.4) is 0 Å². The van der Waals surface area contributed by atoms with Gasteiger partial charge in [0.2, 0.25) is 5.88 Å². The molecule has 1 rings (SSSR count). The predicted molar refractivity (Wildman–Crippen MR) is 56.2 cm³/mol. The second-order valence-electron chi connectivity index (χ2n) is 3.33. The normalized spacial score (nSPS) is 9.82. The van der Waals surface area contributed by atoms with Gasteiger partial charge in [-0.3, -0.25) is 0 Å². The Labute approximate surface area is 96.6 Å². The monoisotopic (exact) mass is 243 g/mol. The van der Waals surface area contributed by atoms with Crippen molar-refractivity contribution in [2.45, 2.75) is 13.3 Å². The van der Waals surface area contributed by atoms with E-state index in [2.05, 4.69) is 4.98 Å². The lowest BCUT2D eigenvalue weighted by atomic mass is 10.2. The maximum Gasteiger partial charge on any atom is 0.337 e. The number of hydrogen-bond acceptors (Lipinski definition) is 3. The number of ether oxygens (including phenoxy) is 1. The second-order valence-corrected chi connectivity index (χ2v) is 3.33. The molecule has 0 bridgehead atoms. The van der Waals surface area contributed by atoms with Gasteiger partial charge in [0.25, 0.3) is 6.08 Å². The number of pyridine rings is 1. The molecule has 0 atom stereocenters. The third-order valence-electron chi connectivity index (χ3n) is 2.03. The molecule has 0 saturated heterocycles. The minimum atomic E-state index is -1.71. The average molecular weight is 243 g/mol. The Morgan fingerprint density at radius 3 is 2.65 bits per heavy atom. The predicted octanol–water partition coefficient (Wildman–Crippen LogP) is 2.72. The lowest BCUT2D eigenvalue weighted by Crippen LogP contribution is -2.02. The lowest BCUT2D eigenvalue weighted by Gasteiger charge is -2.04.